The molecule has 2 amide bonds. The van der Waals surface area contributed by atoms with Crippen molar-refractivity contribution >= 4 is 22.6 Å². The fourth-order valence-electron chi connectivity index (χ4n) is 3.41. The number of benzene rings is 3. The summed E-state index contributed by atoms with van der Waals surface area (Å²) < 4.78 is 1.23. The summed E-state index contributed by atoms with van der Waals surface area (Å²) in [5.41, 5.74) is 6.74. The molecule has 31 heavy (non-hydrogen) atoms. The molecule has 0 saturated carbocycles. The summed E-state index contributed by atoms with van der Waals surface area (Å²) >= 11 is 0. The quantitative estimate of drug-likeness (QED) is 0.504. The van der Waals surface area contributed by atoms with Crippen LogP contribution in [-0.4, -0.2) is 21.6 Å². The summed E-state index contributed by atoms with van der Waals surface area (Å²) in [4.78, 5) is 38.1. The number of carbonyl (C=O) groups is 2. The van der Waals surface area contributed by atoms with Crippen molar-refractivity contribution in [2.24, 2.45) is 0 Å². The van der Waals surface area contributed by atoms with Gasteiger partial charge in [0.15, 0.2) is 5.69 Å². The number of aromatic nitrogens is 2. The Balaban J connectivity index is 1.60. The van der Waals surface area contributed by atoms with Crippen molar-refractivity contribution in [2.75, 3.05) is 0 Å². The highest BCUT2D eigenvalue weighted by Gasteiger charge is 2.18. The highest BCUT2D eigenvalue weighted by atomic mass is 16.2. The molecule has 7 nitrogen and oxygen atoms in total. The van der Waals surface area contributed by atoms with Gasteiger partial charge < -0.3 is 0 Å². The third kappa shape index (κ3) is 3.93. The van der Waals surface area contributed by atoms with Gasteiger partial charge in [-0.15, -0.1) is 0 Å². The van der Waals surface area contributed by atoms with Crippen molar-refractivity contribution < 1.29 is 9.59 Å². The van der Waals surface area contributed by atoms with Gasteiger partial charge in [0.05, 0.1) is 5.39 Å². The molecule has 4 aromatic rings. The van der Waals surface area contributed by atoms with Crippen molar-refractivity contribution in [1.82, 2.24) is 20.6 Å². The summed E-state index contributed by atoms with van der Waals surface area (Å²) in [7, 11) is 0. The summed E-state index contributed by atoms with van der Waals surface area (Å²) in [5.74, 6) is -1.06. The van der Waals surface area contributed by atoms with E-state index in [2.05, 4.69) is 16.0 Å². The number of rotatable bonds is 4. The molecule has 0 atom stereocenters. The molecular weight excluding hydrogens is 392 g/mol. The minimum atomic E-state index is -0.607. The molecule has 1 heterocycles. The van der Waals surface area contributed by atoms with Gasteiger partial charge in [-0.2, -0.15) is 5.10 Å². The van der Waals surface area contributed by atoms with Gasteiger partial charge in [0.1, 0.15) is 0 Å². The lowest BCUT2D eigenvalue weighted by Crippen LogP contribution is -2.43. The van der Waals surface area contributed by atoms with E-state index in [1.807, 2.05) is 42.5 Å². The Morgan fingerprint density at radius 2 is 1.42 bits per heavy atom. The Morgan fingerprint density at radius 3 is 2.16 bits per heavy atom. The molecule has 0 bridgehead atoms. The van der Waals surface area contributed by atoms with Crippen LogP contribution in [0.5, 0.6) is 0 Å². The molecule has 3 aromatic carbocycles. The van der Waals surface area contributed by atoms with E-state index in [9.17, 15) is 14.4 Å². The van der Waals surface area contributed by atoms with Crippen LogP contribution in [0.15, 0.2) is 83.7 Å². The van der Waals surface area contributed by atoms with Crippen LogP contribution in [0.25, 0.3) is 21.9 Å². The lowest BCUT2D eigenvalue weighted by atomic mass is 9.99. The van der Waals surface area contributed by atoms with Gasteiger partial charge in [-0.25, -0.2) is 4.68 Å². The van der Waals surface area contributed by atoms with Gasteiger partial charge in [-0.1, -0.05) is 66.7 Å². The number of aryl methyl sites for hydroxylation is 1. The Kier molecular flexibility index (Phi) is 5.57. The van der Waals surface area contributed by atoms with Crippen molar-refractivity contribution in [3.63, 3.8) is 0 Å². The van der Waals surface area contributed by atoms with Crippen molar-refractivity contribution in [3.05, 3.63) is 100 Å². The van der Waals surface area contributed by atoms with E-state index in [-0.39, 0.29) is 11.3 Å². The minimum absolute atomic E-state index is 0.0636. The maximum absolute atomic E-state index is 12.8. The van der Waals surface area contributed by atoms with Gasteiger partial charge in [0.2, 0.25) is 0 Å². The highest BCUT2D eigenvalue weighted by molar-refractivity contribution is 6.07. The zero-order chi connectivity index (χ0) is 21.8. The predicted molar refractivity (Wildman–Crippen MR) is 118 cm³/mol. The van der Waals surface area contributed by atoms with Crippen LogP contribution in [0.4, 0.5) is 0 Å². The molecule has 0 saturated heterocycles. The van der Waals surface area contributed by atoms with Gasteiger partial charge in [0.25, 0.3) is 17.4 Å². The van der Waals surface area contributed by atoms with E-state index in [0.29, 0.717) is 22.9 Å². The fraction of sp³-hybridized carbons (Fsp3) is 0.0833. The average molecular weight is 412 g/mol. The molecule has 2 N–H and O–H groups in total. The van der Waals surface area contributed by atoms with Crippen LogP contribution < -0.4 is 16.4 Å². The Hall–Kier alpha value is -4.26. The number of hydrogen-bond acceptors (Lipinski definition) is 4. The molecule has 4 rings (SSSR count). The van der Waals surface area contributed by atoms with Crippen LogP contribution in [-0.2, 0) is 6.54 Å². The molecule has 0 spiro atoms. The maximum atomic E-state index is 12.8. The molecule has 0 fully saturated rings. The van der Waals surface area contributed by atoms with Crippen molar-refractivity contribution in [3.8, 4) is 11.1 Å². The molecular formula is C24H20N4O3. The summed E-state index contributed by atoms with van der Waals surface area (Å²) in [6.07, 6.45) is 0. The monoisotopic (exact) mass is 412 g/mol. The molecule has 0 unspecified atom stereocenters. The van der Waals surface area contributed by atoms with E-state index in [4.69, 9.17) is 0 Å². The van der Waals surface area contributed by atoms with Crippen LogP contribution in [0, 0.1) is 0 Å². The van der Waals surface area contributed by atoms with Crippen molar-refractivity contribution in [2.45, 2.75) is 13.5 Å². The van der Waals surface area contributed by atoms with E-state index >= 15 is 0 Å². The van der Waals surface area contributed by atoms with Crippen molar-refractivity contribution in [1.29, 1.82) is 0 Å². The van der Waals surface area contributed by atoms with Crippen LogP contribution in [0.2, 0.25) is 0 Å². The minimum Gasteiger partial charge on any atom is -0.267 e. The summed E-state index contributed by atoms with van der Waals surface area (Å²) in [5, 5.41) is 4.99. The van der Waals surface area contributed by atoms with Crippen LogP contribution >= 0.6 is 0 Å². The lowest BCUT2D eigenvalue weighted by Gasteiger charge is -2.12. The topological polar surface area (TPSA) is 93.1 Å². The van der Waals surface area contributed by atoms with Gasteiger partial charge >= 0.3 is 0 Å². The second-order valence-electron chi connectivity index (χ2n) is 6.83. The standard InChI is InChI=1S/C24H20N4O3/c1-2-28-24(31)20-15-9-7-13-18(20)21(27-28)23(30)26-25-22(29)19-14-8-6-12-17(19)16-10-4-3-5-11-16/h3-15H,2H2,1H3,(H,25,29)(H,26,30). The second kappa shape index (κ2) is 8.62. The molecule has 0 radical (unpaired) electrons. The molecule has 0 aliphatic rings. The lowest BCUT2D eigenvalue weighted by molar-refractivity contribution is 0.0844. The van der Waals surface area contributed by atoms with Crippen LogP contribution in [0.1, 0.15) is 27.8 Å². The summed E-state index contributed by atoms with van der Waals surface area (Å²) in [6.45, 7) is 2.09. The van der Waals surface area contributed by atoms with E-state index in [1.165, 1.54) is 4.68 Å². The van der Waals surface area contributed by atoms with Gasteiger partial charge in [0, 0.05) is 17.5 Å². The molecule has 7 heteroatoms. The van der Waals surface area contributed by atoms with Gasteiger partial charge in [-0.05, 0) is 30.2 Å². The number of carbonyl (C=O) groups excluding carboxylic acids is 2. The molecule has 154 valence electrons. The van der Waals surface area contributed by atoms with Crippen LogP contribution in [0.3, 0.4) is 0 Å². The fourth-order valence-corrected chi connectivity index (χ4v) is 3.41. The normalized spacial score (nSPS) is 10.6. The SMILES string of the molecule is CCn1nc(C(=O)NNC(=O)c2ccccc2-c2ccccc2)c2ccccc2c1=O. The van der Waals surface area contributed by atoms with E-state index in [1.54, 1.807) is 43.3 Å². The second-order valence-corrected chi connectivity index (χ2v) is 6.83. The maximum Gasteiger partial charge on any atom is 0.290 e. The zero-order valence-corrected chi connectivity index (χ0v) is 16.8. The Labute approximate surface area is 178 Å². The van der Waals surface area contributed by atoms with E-state index in [0.717, 1.165) is 11.1 Å². The van der Waals surface area contributed by atoms with E-state index < -0.39 is 11.8 Å². The smallest absolute Gasteiger partial charge is 0.267 e. The predicted octanol–water partition coefficient (Wildman–Crippen LogP) is 3.16. The third-order valence-electron chi connectivity index (χ3n) is 4.93. The first-order valence-corrected chi connectivity index (χ1v) is 9.85. The number of amides is 2. The number of hydrazine groups is 1. The number of hydrogen-bond donors (Lipinski definition) is 2. The number of nitrogens with zero attached hydrogens (tertiary/aromatic N) is 2. The Bertz CT molecular complexity index is 1330. The summed E-state index contributed by atoms with van der Waals surface area (Å²) in [6, 6.07) is 23.4. The first-order valence-electron chi connectivity index (χ1n) is 9.85. The number of fused-ring (bicyclic) bond motifs is 1. The number of nitrogens with one attached hydrogen (secondary N) is 2. The Morgan fingerprint density at radius 1 is 0.806 bits per heavy atom. The average Bonchev–Trinajstić information content (AvgIpc) is 2.83. The zero-order valence-electron chi connectivity index (χ0n) is 16.8. The first kappa shape index (κ1) is 20.0. The van der Waals surface area contributed by atoms with Gasteiger partial charge in [-0.3, -0.25) is 25.2 Å². The largest absolute Gasteiger partial charge is 0.290 e. The third-order valence-corrected chi connectivity index (χ3v) is 4.93. The molecule has 1 aromatic heterocycles. The highest BCUT2D eigenvalue weighted by Crippen LogP contribution is 2.23. The molecule has 0 aliphatic heterocycles. The first-order chi connectivity index (χ1) is 15.1. The molecule has 0 aliphatic carbocycles.